The van der Waals surface area contributed by atoms with Crippen LogP contribution in [-0.4, -0.2) is 30.7 Å². The second kappa shape index (κ2) is 4.10. The molecule has 0 radical (unpaired) electrons. The molecule has 2 fully saturated rings. The number of carbonyl (C=O) groups excluding carboxylic acids is 1. The van der Waals surface area contributed by atoms with Crippen molar-refractivity contribution in [1.82, 2.24) is 5.32 Å². The number of amides is 1. The van der Waals surface area contributed by atoms with Crippen LogP contribution >= 0.6 is 0 Å². The Morgan fingerprint density at radius 3 is 2.80 bits per heavy atom. The number of hydrogen-bond acceptors (Lipinski definition) is 3. The van der Waals surface area contributed by atoms with Gasteiger partial charge in [-0.15, -0.1) is 0 Å². The van der Waals surface area contributed by atoms with E-state index in [2.05, 4.69) is 5.32 Å². The van der Waals surface area contributed by atoms with Gasteiger partial charge >= 0.3 is 0 Å². The molecular weight excluding hydrogens is 192 g/mol. The molecule has 2 unspecified atom stereocenters. The van der Waals surface area contributed by atoms with E-state index in [9.17, 15) is 4.79 Å². The predicted molar refractivity (Wildman–Crippen MR) is 57.3 cm³/mol. The van der Waals surface area contributed by atoms with Crippen LogP contribution in [0.25, 0.3) is 0 Å². The van der Waals surface area contributed by atoms with E-state index in [1.54, 1.807) is 0 Å². The van der Waals surface area contributed by atoms with Gasteiger partial charge in [0.15, 0.2) is 0 Å². The van der Waals surface area contributed by atoms with Crippen LogP contribution in [0.2, 0.25) is 0 Å². The van der Waals surface area contributed by atoms with Crippen molar-refractivity contribution in [3.8, 4) is 0 Å². The van der Waals surface area contributed by atoms with Gasteiger partial charge in [0, 0.05) is 13.2 Å². The highest BCUT2D eigenvalue weighted by molar-refractivity contribution is 5.86. The molecule has 15 heavy (non-hydrogen) atoms. The van der Waals surface area contributed by atoms with Gasteiger partial charge in [0.1, 0.15) is 0 Å². The summed E-state index contributed by atoms with van der Waals surface area (Å²) in [5.41, 5.74) is 5.32. The highest BCUT2D eigenvalue weighted by Crippen LogP contribution is 2.38. The predicted octanol–water partition coefficient (Wildman–Crippen LogP) is 0.409. The molecule has 0 spiro atoms. The average molecular weight is 212 g/mol. The fourth-order valence-electron chi connectivity index (χ4n) is 2.07. The van der Waals surface area contributed by atoms with Crippen molar-refractivity contribution in [2.24, 2.45) is 11.7 Å². The van der Waals surface area contributed by atoms with Crippen molar-refractivity contribution >= 4 is 5.91 Å². The van der Waals surface area contributed by atoms with Crippen LogP contribution in [0.5, 0.6) is 0 Å². The Labute approximate surface area is 90.5 Å². The number of nitrogens with one attached hydrogen (secondary N) is 1. The van der Waals surface area contributed by atoms with Crippen LogP contribution in [-0.2, 0) is 9.53 Å². The lowest BCUT2D eigenvalue weighted by Crippen LogP contribution is -2.54. The number of rotatable bonds is 4. The molecule has 4 nitrogen and oxygen atoms in total. The summed E-state index contributed by atoms with van der Waals surface area (Å²) in [5.74, 6) is 0.350. The molecule has 3 N–H and O–H groups in total. The molecule has 1 amide bonds. The maximum absolute atomic E-state index is 11.8. The first-order valence-electron chi connectivity index (χ1n) is 5.79. The van der Waals surface area contributed by atoms with Crippen molar-refractivity contribution in [3.63, 3.8) is 0 Å². The molecule has 1 heterocycles. The van der Waals surface area contributed by atoms with Crippen LogP contribution in [0, 0.1) is 5.92 Å². The molecule has 2 atom stereocenters. The third-order valence-electron chi connectivity index (χ3n) is 3.43. The van der Waals surface area contributed by atoms with Gasteiger partial charge in [0.05, 0.1) is 11.6 Å². The minimum absolute atomic E-state index is 0.0273. The number of ether oxygens (including phenoxy) is 1. The monoisotopic (exact) mass is 212 g/mol. The summed E-state index contributed by atoms with van der Waals surface area (Å²) in [4.78, 5) is 11.8. The molecule has 1 saturated carbocycles. The second-order valence-corrected chi connectivity index (χ2v) is 4.90. The molecule has 0 aromatic rings. The Hall–Kier alpha value is -0.610. The van der Waals surface area contributed by atoms with Crippen LogP contribution < -0.4 is 11.1 Å². The quantitative estimate of drug-likeness (QED) is 0.709. The third-order valence-corrected chi connectivity index (χ3v) is 3.43. The van der Waals surface area contributed by atoms with Crippen molar-refractivity contribution in [3.05, 3.63) is 0 Å². The Balaban J connectivity index is 1.75. The fraction of sp³-hybridized carbons (Fsp3) is 0.909. The summed E-state index contributed by atoms with van der Waals surface area (Å²) >= 11 is 0. The first-order chi connectivity index (χ1) is 7.10. The van der Waals surface area contributed by atoms with Crippen molar-refractivity contribution in [1.29, 1.82) is 0 Å². The summed E-state index contributed by atoms with van der Waals surface area (Å²) in [5, 5.41) is 2.90. The van der Waals surface area contributed by atoms with Gasteiger partial charge in [-0.25, -0.2) is 0 Å². The largest absolute Gasteiger partial charge is 0.376 e. The molecule has 2 rings (SSSR count). The summed E-state index contributed by atoms with van der Waals surface area (Å²) in [7, 11) is 0. The maximum Gasteiger partial charge on any atom is 0.240 e. The lowest BCUT2D eigenvalue weighted by molar-refractivity contribution is -0.127. The summed E-state index contributed by atoms with van der Waals surface area (Å²) in [6.07, 6.45) is 4.51. The van der Waals surface area contributed by atoms with Gasteiger partial charge in [0.2, 0.25) is 5.91 Å². The standard InChI is InChI=1S/C11H20N2O2/c1-11(12,8-4-5-8)10(14)13-7-9-3-2-6-15-9/h8-9H,2-7,12H2,1H3,(H,13,14). The lowest BCUT2D eigenvalue weighted by Gasteiger charge is -2.24. The first kappa shape index (κ1) is 10.9. The normalized spacial score (nSPS) is 29.9. The van der Waals surface area contributed by atoms with E-state index in [-0.39, 0.29) is 12.0 Å². The van der Waals surface area contributed by atoms with Crippen molar-refractivity contribution < 1.29 is 9.53 Å². The van der Waals surface area contributed by atoms with Gasteiger partial charge < -0.3 is 15.8 Å². The Kier molecular flexibility index (Phi) is 2.98. The number of hydrogen-bond donors (Lipinski definition) is 2. The highest BCUT2D eigenvalue weighted by Gasteiger charge is 2.44. The van der Waals surface area contributed by atoms with Gasteiger partial charge in [0.25, 0.3) is 0 Å². The van der Waals surface area contributed by atoms with E-state index < -0.39 is 5.54 Å². The fourth-order valence-corrected chi connectivity index (χ4v) is 2.07. The molecule has 86 valence electrons. The zero-order valence-electron chi connectivity index (χ0n) is 9.29. The maximum atomic E-state index is 11.8. The topological polar surface area (TPSA) is 64.4 Å². The van der Waals surface area contributed by atoms with Crippen molar-refractivity contribution in [2.45, 2.75) is 44.2 Å². The molecule has 1 aliphatic carbocycles. The van der Waals surface area contributed by atoms with Gasteiger partial charge in [-0.05, 0) is 38.5 Å². The van der Waals surface area contributed by atoms with Crippen LogP contribution in [0.4, 0.5) is 0 Å². The van der Waals surface area contributed by atoms with Crippen molar-refractivity contribution in [2.75, 3.05) is 13.2 Å². The zero-order chi connectivity index (χ0) is 10.9. The Bertz CT molecular complexity index is 243. The van der Waals surface area contributed by atoms with E-state index in [1.165, 1.54) is 0 Å². The molecule has 2 aliphatic rings. The lowest BCUT2D eigenvalue weighted by atomic mass is 9.96. The second-order valence-electron chi connectivity index (χ2n) is 4.90. The number of carbonyl (C=O) groups is 1. The van der Waals surface area contributed by atoms with Crippen LogP contribution in [0.15, 0.2) is 0 Å². The Morgan fingerprint density at radius 1 is 1.53 bits per heavy atom. The van der Waals surface area contributed by atoms with E-state index in [0.29, 0.717) is 12.5 Å². The van der Waals surface area contributed by atoms with Gasteiger partial charge in [-0.1, -0.05) is 0 Å². The molecule has 0 aromatic heterocycles. The minimum atomic E-state index is -0.682. The third kappa shape index (κ3) is 2.49. The highest BCUT2D eigenvalue weighted by atomic mass is 16.5. The first-order valence-corrected chi connectivity index (χ1v) is 5.79. The van der Waals surface area contributed by atoms with Crippen LogP contribution in [0.1, 0.15) is 32.6 Å². The molecule has 0 aromatic carbocycles. The smallest absolute Gasteiger partial charge is 0.240 e. The van der Waals surface area contributed by atoms with Gasteiger partial charge in [-0.3, -0.25) is 4.79 Å². The molecule has 4 heteroatoms. The van der Waals surface area contributed by atoms with Gasteiger partial charge in [-0.2, -0.15) is 0 Å². The molecule has 1 aliphatic heterocycles. The molecular formula is C11H20N2O2. The summed E-state index contributed by atoms with van der Waals surface area (Å²) < 4.78 is 5.44. The minimum Gasteiger partial charge on any atom is -0.376 e. The molecule has 1 saturated heterocycles. The van der Waals surface area contributed by atoms with E-state index >= 15 is 0 Å². The Morgan fingerprint density at radius 2 is 2.27 bits per heavy atom. The molecule has 0 bridgehead atoms. The SMILES string of the molecule is CC(N)(C(=O)NCC1CCCO1)C1CC1. The average Bonchev–Trinajstić information content (AvgIpc) is 2.94. The van der Waals surface area contributed by atoms with E-state index in [0.717, 1.165) is 32.3 Å². The zero-order valence-corrected chi connectivity index (χ0v) is 9.29. The summed E-state index contributed by atoms with van der Waals surface area (Å²) in [6.45, 7) is 3.26. The summed E-state index contributed by atoms with van der Waals surface area (Å²) in [6, 6.07) is 0. The van der Waals surface area contributed by atoms with E-state index in [4.69, 9.17) is 10.5 Å². The van der Waals surface area contributed by atoms with E-state index in [1.807, 2.05) is 6.92 Å². The number of nitrogens with two attached hydrogens (primary N) is 1. The van der Waals surface area contributed by atoms with Crippen LogP contribution in [0.3, 0.4) is 0 Å².